The first-order chi connectivity index (χ1) is 12.1. The van der Waals surface area contributed by atoms with Crippen LogP contribution in [0.2, 0.25) is 0 Å². The van der Waals surface area contributed by atoms with Crippen molar-refractivity contribution in [3.8, 4) is 0 Å². The van der Waals surface area contributed by atoms with Gasteiger partial charge in [-0.1, -0.05) is 37.4 Å². The van der Waals surface area contributed by atoms with E-state index in [0.717, 1.165) is 36.2 Å². The van der Waals surface area contributed by atoms with E-state index < -0.39 is 11.6 Å². The number of nitrogens with zero attached hydrogens (tertiary/aromatic N) is 3. The summed E-state index contributed by atoms with van der Waals surface area (Å²) in [4.78, 5) is 19.6. The molecule has 1 saturated carbocycles. The molecule has 2 fully saturated rings. The number of amidine groups is 1. The Hall–Kier alpha value is -1.34. The van der Waals surface area contributed by atoms with Crippen LogP contribution in [0, 0.1) is 11.6 Å². The van der Waals surface area contributed by atoms with Gasteiger partial charge in [-0.2, -0.15) is 0 Å². The van der Waals surface area contributed by atoms with Crippen LogP contribution in [-0.2, 0) is 4.79 Å². The zero-order valence-electron chi connectivity index (χ0n) is 14.7. The van der Waals surface area contributed by atoms with Gasteiger partial charge in [0.05, 0.1) is 11.7 Å². The molecule has 0 aromatic heterocycles. The molecule has 0 bridgehead atoms. The highest BCUT2D eigenvalue weighted by Gasteiger charge is 2.34. The van der Waals surface area contributed by atoms with E-state index in [1.54, 1.807) is 11.8 Å². The normalized spacial score (nSPS) is 22.8. The minimum Gasteiger partial charge on any atom is -0.333 e. The van der Waals surface area contributed by atoms with E-state index in [9.17, 15) is 13.6 Å². The van der Waals surface area contributed by atoms with Gasteiger partial charge >= 0.3 is 0 Å². The summed E-state index contributed by atoms with van der Waals surface area (Å²) in [6.07, 6.45) is 7.33. The SMILES string of the molecule is CN1C(=NC2CCCCCC2)SCC1N(C=O)c1cc(F)ccc1F.Cl. The Balaban J connectivity index is 0.00000243. The molecule has 1 aliphatic heterocycles. The van der Waals surface area contributed by atoms with Crippen LogP contribution < -0.4 is 4.90 Å². The van der Waals surface area contributed by atoms with Crippen molar-refractivity contribution in [3.63, 3.8) is 0 Å². The fourth-order valence-electron chi connectivity index (χ4n) is 3.40. The molecule has 1 aliphatic carbocycles. The van der Waals surface area contributed by atoms with Gasteiger partial charge in [-0.15, -0.1) is 12.4 Å². The molecule has 4 nitrogen and oxygen atoms in total. The second kappa shape index (κ2) is 9.55. The maximum Gasteiger partial charge on any atom is 0.215 e. The number of halogens is 3. The maximum atomic E-state index is 14.1. The molecule has 26 heavy (non-hydrogen) atoms. The topological polar surface area (TPSA) is 35.9 Å². The zero-order valence-corrected chi connectivity index (χ0v) is 16.4. The minimum absolute atomic E-state index is 0. The lowest BCUT2D eigenvalue weighted by Crippen LogP contribution is -2.45. The van der Waals surface area contributed by atoms with E-state index in [1.807, 2.05) is 11.9 Å². The molecule has 0 radical (unpaired) electrons. The summed E-state index contributed by atoms with van der Waals surface area (Å²) in [6.45, 7) is 0. The summed E-state index contributed by atoms with van der Waals surface area (Å²) >= 11 is 1.57. The second-order valence-corrected chi connectivity index (χ2v) is 7.56. The Bertz CT molecular complexity index is 653. The predicted molar refractivity (Wildman–Crippen MR) is 105 cm³/mol. The Kier molecular flexibility index (Phi) is 7.70. The first-order valence-electron chi connectivity index (χ1n) is 8.72. The molecule has 1 atom stereocenters. The van der Waals surface area contributed by atoms with Gasteiger partial charge in [-0.05, 0) is 25.0 Å². The van der Waals surface area contributed by atoms with E-state index in [2.05, 4.69) is 0 Å². The number of anilines is 1. The van der Waals surface area contributed by atoms with Crippen LogP contribution >= 0.6 is 24.2 Å². The molecule has 1 aromatic rings. The van der Waals surface area contributed by atoms with Crippen molar-refractivity contribution in [2.24, 2.45) is 4.99 Å². The van der Waals surface area contributed by atoms with Crippen LogP contribution in [0.3, 0.4) is 0 Å². The first-order valence-corrected chi connectivity index (χ1v) is 9.71. The monoisotopic (exact) mass is 403 g/mol. The van der Waals surface area contributed by atoms with E-state index in [-0.39, 0.29) is 24.3 Å². The van der Waals surface area contributed by atoms with Crippen LogP contribution in [0.5, 0.6) is 0 Å². The summed E-state index contributed by atoms with van der Waals surface area (Å²) in [5.74, 6) is -0.596. The van der Waals surface area contributed by atoms with Gasteiger partial charge in [0, 0.05) is 18.9 Å². The molecule has 0 N–H and O–H groups in total. The summed E-state index contributed by atoms with van der Waals surface area (Å²) in [5, 5.41) is 0.876. The van der Waals surface area contributed by atoms with Crippen LogP contribution in [0.15, 0.2) is 23.2 Å². The van der Waals surface area contributed by atoms with Crippen molar-refractivity contribution in [3.05, 3.63) is 29.8 Å². The van der Waals surface area contributed by atoms with Crippen LogP contribution in [-0.4, -0.2) is 41.5 Å². The lowest BCUT2D eigenvalue weighted by molar-refractivity contribution is -0.108. The number of amides is 1. The number of carbonyl (C=O) groups excluding carboxylic acids is 1. The number of carbonyl (C=O) groups is 1. The third kappa shape index (κ3) is 4.68. The largest absolute Gasteiger partial charge is 0.333 e. The van der Waals surface area contributed by atoms with Crippen molar-refractivity contribution in [2.45, 2.75) is 50.7 Å². The van der Waals surface area contributed by atoms with Crippen LogP contribution in [0.4, 0.5) is 14.5 Å². The number of rotatable bonds is 4. The number of hydrogen-bond acceptors (Lipinski definition) is 3. The summed E-state index contributed by atoms with van der Waals surface area (Å²) in [6, 6.07) is 3.47. The maximum absolute atomic E-state index is 14.1. The highest BCUT2D eigenvalue weighted by Crippen LogP contribution is 2.31. The summed E-state index contributed by atoms with van der Waals surface area (Å²) in [5.41, 5.74) is -0.0387. The van der Waals surface area contributed by atoms with Gasteiger partial charge in [0.25, 0.3) is 0 Å². The average Bonchev–Trinajstić information content (AvgIpc) is 2.80. The van der Waals surface area contributed by atoms with Gasteiger partial charge < -0.3 is 4.90 Å². The number of hydrogen-bond donors (Lipinski definition) is 0. The second-order valence-electron chi connectivity index (χ2n) is 6.57. The molecule has 2 aliphatic rings. The van der Waals surface area contributed by atoms with Crippen LogP contribution in [0.1, 0.15) is 38.5 Å². The highest BCUT2D eigenvalue weighted by atomic mass is 35.5. The quantitative estimate of drug-likeness (QED) is 0.551. The van der Waals surface area contributed by atoms with Gasteiger partial charge in [0.15, 0.2) is 5.17 Å². The molecular formula is C18H24ClF2N3OS. The molecule has 1 heterocycles. The molecule has 144 valence electrons. The van der Waals surface area contributed by atoms with Gasteiger partial charge in [-0.25, -0.2) is 8.78 Å². The highest BCUT2D eigenvalue weighted by molar-refractivity contribution is 8.14. The molecule has 1 unspecified atom stereocenters. The molecule has 1 amide bonds. The third-order valence-electron chi connectivity index (χ3n) is 4.85. The Morgan fingerprint density at radius 2 is 1.92 bits per heavy atom. The van der Waals surface area contributed by atoms with Gasteiger partial charge in [0.1, 0.15) is 17.8 Å². The predicted octanol–water partition coefficient (Wildman–Crippen LogP) is 4.43. The fraction of sp³-hybridized carbons (Fsp3) is 0.556. The molecule has 0 spiro atoms. The van der Waals surface area contributed by atoms with E-state index in [4.69, 9.17) is 4.99 Å². The fourth-order valence-corrected chi connectivity index (χ4v) is 4.63. The standard InChI is InChI=1S/C18H23F2N3OS.ClH/c1-22-17(23(12-24)16-10-13(19)8-9-15(16)20)11-25-18(22)21-14-6-4-2-3-5-7-14;/h8-10,12,14,17H,2-7,11H2,1H3;1H. The van der Waals surface area contributed by atoms with Crippen molar-refractivity contribution in [1.82, 2.24) is 4.90 Å². The van der Waals surface area contributed by atoms with Crippen molar-refractivity contribution >= 4 is 41.4 Å². The third-order valence-corrected chi connectivity index (χ3v) is 5.97. The Morgan fingerprint density at radius 1 is 1.23 bits per heavy atom. The van der Waals surface area contributed by atoms with Gasteiger partial charge in [0.2, 0.25) is 6.41 Å². The molecular weight excluding hydrogens is 380 g/mol. The Labute approximate surface area is 163 Å². The summed E-state index contributed by atoms with van der Waals surface area (Å²) in [7, 11) is 1.86. The Morgan fingerprint density at radius 3 is 2.58 bits per heavy atom. The lowest BCUT2D eigenvalue weighted by atomic mass is 10.1. The number of aliphatic imine (C=N–C) groups is 1. The van der Waals surface area contributed by atoms with E-state index >= 15 is 0 Å². The molecule has 8 heteroatoms. The number of thioether (sulfide) groups is 1. The summed E-state index contributed by atoms with van der Waals surface area (Å²) < 4.78 is 27.6. The minimum atomic E-state index is -0.610. The number of benzene rings is 1. The molecule has 1 saturated heterocycles. The first kappa shape index (κ1) is 21.0. The van der Waals surface area contributed by atoms with Crippen molar-refractivity contribution in [2.75, 3.05) is 17.7 Å². The smallest absolute Gasteiger partial charge is 0.215 e. The van der Waals surface area contributed by atoms with E-state index in [1.165, 1.54) is 30.6 Å². The van der Waals surface area contributed by atoms with Crippen LogP contribution in [0.25, 0.3) is 0 Å². The average molecular weight is 404 g/mol. The zero-order chi connectivity index (χ0) is 17.8. The van der Waals surface area contributed by atoms with E-state index in [0.29, 0.717) is 18.2 Å². The molecule has 3 rings (SSSR count). The van der Waals surface area contributed by atoms with Gasteiger partial charge in [-0.3, -0.25) is 14.7 Å². The lowest BCUT2D eigenvalue weighted by Gasteiger charge is -2.30. The van der Waals surface area contributed by atoms with Crippen molar-refractivity contribution in [1.29, 1.82) is 0 Å². The molecule has 1 aromatic carbocycles. The van der Waals surface area contributed by atoms with Crippen molar-refractivity contribution < 1.29 is 13.6 Å².